The number of carbonyl (C=O) groups excluding carboxylic acids is 2. The highest BCUT2D eigenvalue weighted by Gasteiger charge is 2.16. The summed E-state index contributed by atoms with van der Waals surface area (Å²) in [6.45, 7) is 5.97. The number of hydrogen-bond donors (Lipinski definition) is 3. The molecule has 1 fully saturated rings. The predicted molar refractivity (Wildman–Crippen MR) is 112 cm³/mol. The van der Waals surface area contributed by atoms with Gasteiger partial charge in [0, 0.05) is 31.3 Å². The molecule has 0 aliphatic carbocycles. The van der Waals surface area contributed by atoms with Crippen LogP contribution in [-0.4, -0.2) is 80.1 Å². The van der Waals surface area contributed by atoms with Crippen molar-refractivity contribution in [2.24, 2.45) is 0 Å². The highest BCUT2D eigenvalue weighted by Crippen LogP contribution is 2.28. The first kappa shape index (κ1) is 24.4. The largest absolute Gasteiger partial charge is 0.494 e. The summed E-state index contributed by atoms with van der Waals surface area (Å²) < 4.78 is 5.34. The molecule has 0 atom stereocenters. The van der Waals surface area contributed by atoms with Crippen molar-refractivity contribution in [2.45, 2.75) is 26.2 Å². The van der Waals surface area contributed by atoms with Crippen molar-refractivity contribution < 1.29 is 24.2 Å². The van der Waals surface area contributed by atoms with Crippen LogP contribution in [0.5, 0.6) is 5.75 Å². The van der Waals surface area contributed by atoms with E-state index in [4.69, 9.17) is 14.6 Å². The number of carbonyl (C=O) groups is 3. The molecule has 0 aromatic heterocycles. The minimum atomic E-state index is -0.250. The number of hydrogen-bond acceptors (Lipinski definition) is 6. The molecule has 1 aliphatic heterocycles. The number of ether oxygens (including phenoxy) is 1. The van der Waals surface area contributed by atoms with Crippen LogP contribution in [0.25, 0.3) is 0 Å². The summed E-state index contributed by atoms with van der Waals surface area (Å²) in [7, 11) is 3.65. The van der Waals surface area contributed by atoms with Crippen molar-refractivity contribution in [3.63, 3.8) is 0 Å². The summed E-state index contributed by atoms with van der Waals surface area (Å²) in [6.07, 6.45) is 2.32. The van der Waals surface area contributed by atoms with E-state index in [2.05, 4.69) is 27.5 Å². The molecular formula is C20H32N4O5. The van der Waals surface area contributed by atoms with E-state index < -0.39 is 0 Å². The molecule has 0 bridgehead atoms. The summed E-state index contributed by atoms with van der Waals surface area (Å²) >= 11 is 0. The number of methoxy groups -OCH3 is 1. The van der Waals surface area contributed by atoms with E-state index in [0.29, 0.717) is 30.1 Å². The summed E-state index contributed by atoms with van der Waals surface area (Å²) in [5.74, 6) is 0.441. The van der Waals surface area contributed by atoms with Gasteiger partial charge in [0.2, 0.25) is 11.8 Å². The SMILES string of the molecule is CCCC(=O)Nc1ccc(NC(=O)CN2CCCN(C)CC2)cc1OC.O=CO. The van der Waals surface area contributed by atoms with Crippen LogP contribution in [0.1, 0.15) is 26.2 Å². The molecule has 1 saturated heterocycles. The maximum absolute atomic E-state index is 12.3. The highest BCUT2D eigenvalue weighted by molar-refractivity contribution is 5.95. The predicted octanol–water partition coefficient (Wildman–Crippen LogP) is 1.71. The van der Waals surface area contributed by atoms with E-state index in [1.54, 1.807) is 25.3 Å². The van der Waals surface area contributed by atoms with Gasteiger partial charge in [-0.05, 0) is 45.1 Å². The summed E-state index contributed by atoms with van der Waals surface area (Å²) in [4.78, 5) is 36.9. The Bertz CT molecular complexity index is 668. The second-order valence-corrected chi connectivity index (χ2v) is 6.80. The molecular weight excluding hydrogens is 376 g/mol. The van der Waals surface area contributed by atoms with Gasteiger partial charge in [-0.15, -0.1) is 0 Å². The van der Waals surface area contributed by atoms with Gasteiger partial charge >= 0.3 is 0 Å². The number of anilines is 2. The quantitative estimate of drug-likeness (QED) is 0.589. The summed E-state index contributed by atoms with van der Waals surface area (Å²) in [5.41, 5.74) is 1.27. The second-order valence-electron chi connectivity index (χ2n) is 6.80. The van der Waals surface area contributed by atoms with Gasteiger partial charge in [0.1, 0.15) is 5.75 Å². The van der Waals surface area contributed by atoms with Crippen molar-refractivity contribution in [3.05, 3.63) is 18.2 Å². The molecule has 0 spiro atoms. The number of nitrogens with one attached hydrogen (secondary N) is 2. The fourth-order valence-electron chi connectivity index (χ4n) is 2.97. The lowest BCUT2D eigenvalue weighted by Gasteiger charge is -2.19. The topological polar surface area (TPSA) is 111 Å². The van der Waals surface area contributed by atoms with Crippen molar-refractivity contribution in [2.75, 3.05) is 57.5 Å². The highest BCUT2D eigenvalue weighted by atomic mass is 16.5. The molecule has 9 nitrogen and oxygen atoms in total. The molecule has 0 saturated carbocycles. The monoisotopic (exact) mass is 408 g/mol. The van der Waals surface area contributed by atoms with E-state index >= 15 is 0 Å². The van der Waals surface area contributed by atoms with E-state index in [0.717, 1.165) is 39.0 Å². The first-order chi connectivity index (χ1) is 13.9. The van der Waals surface area contributed by atoms with E-state index in [1.165, 1.54) is 0 Å². The Labute approximate surface area is 172 Å². The van der Waals surface area contributed by atoms with E-state index in [1.807, 2.05) is 6.92 Å². The zero-order chi connectivity index (χ0) is 21.6. The fraction of sp³-hybridized carbons (Fsp3) is 0.550. The Balaban J connectivity index is 0.00000132. The third-order valence-corrected chi connectivity index (χ3v) is 4.42. The van der Waals surface area contributed by atoms with Crippen LogP contribution in [-0.2, 0) is 14.4 Å². The van der Waals surface area contributed by atoms with Gasteiger partial charge in [0.25, 0.3) is 6.47 Å². The number of benzene rings is 1. The van der Waals surface area contributed by atoms with Crippen LogP contribution in [0.3, 0.4) is 0 Å². The summed E-state index contributed by atoms with van der Waals surface area (Å²) in [6, 6.07) is 5.26. The zero-order valence-electron chi connectivity index (χ0n) is 17.4. The molecule has 3 N–H and O–H groups in total. The average Bonchev–Trinajstić information content (AvgIpc) is 2.88. The number of nitrogens with zero attached hydrogens (tertiary/aromatic N) is 2. The van der Waals surface area contributed by atoms with Crippen LogP contribution in [0, 0.1) is 0 Å². The van der Waals surface area contributed by atoms with Crippen LogP contribution in [0.4, 0.5) is 11.4 Å². The molecule has 2 amide bonds. The maximum atomic E-state index is 12.3. The third kappa shape index (κ3) is 9.40. The second kappa shape index (κ2) is 13.5. The Hall–Kier alpha value is -2.65. The molecule has 0 radical (unpaired) electrons. The molecule has 1 aromatic rings. The van der Waals surface area contributed by atoms with E-state index in [-0.39, 0.29) is 18.3 Å². The molecule has 0 unspecified atom stereocenters. The lowest BCUT2D eigenvalue weighted by molar-refractivity contribution is -0.123. The number of rotatable bonds is 7. The molecule has 1 aliphatic rings. The fourth-order valence-corrected chi connectivity index (χ4v) is 2.97. The number of likely N-dealkylation sites (N-methyl/N-ethyl adjacent to an activating group) is 1. The molecule has 1 heterocycles. The zero-order valence-corrected chi connectivity index (χ0v) is 17.4. The number of carboxylic acid groups (broad SMARTS) is 1. The minimum absolute atomic E-state index is 0.0422. The maximum Gasteiger partial charge on any atom is 0.290 e. The average molecular weight is 408 g/mol. The lowest BCUT2D eigenvalue weighted by atomic mass is 10.2. The van der Waals surface area contributed by atoms with Gasteiger partial charge in [0.05, 0.1) is 19.3 Å². The molecule has 9 heteroatoms. The van der Waals surface area contributed by atoms with Crippen LogP contribution >= 0.6 is 0 Å². The van der Waals surface area contributed by atoms with Crippen molar-refractivity contribution in [1.82, 2.24) is 9.80 Å². The number of amides is 2. The Kier molecular flexibility index (Phi) is 11.4. The van der Waals surface area contributed by atoms with Crippen molar-refractivity contribution >= 4 is 29.7 Å². The lowest BCUT2D eigenvalue weighted by Crippen LogP contribution is -2.35. The van der Waals surface area contributed by atoms with Crippen molar-refractivity contribution in [3.8, 4) is 5.75 Å². The van der Waals surface area contributed by atoms with Gasteiger partial charge in [0.15, 0.2) is 0 Å². The smallest absolute Gasteiger partial charge is 0.290 e. The minimum Gasteiger partial charge on any atom is -0.494 e. The first-order valence-corrected chi connectivity index (χ1v) is 9.70. The van der Waals surface area contributed by atoms with E-state index in [9.17, 15) is 9.59 Å². The van der Waals surface area contributed by atoms with Gasteiger partial charge in [-0.3, -0.25) is 19.3 Å². The van der Waals surface area contributed by atoms with Crippen molar-refractivity contribution in [1.29, 1.82) is 0 Å². The normalized spacial score (nSPS) is 14.7. The van der Waals surface area contributed by atoms with Crippen LogP contribution in [0.15, 0.2) is 18.2 Å². The van der Waals surface area contributed by atoms with Gasteiger partial charge in [-0.25, -0.2) is 0 Å². The molecule has 162 valence electrons. The standard InChI is InChI=1S/C19H30N4O3.CH2O2/c1-4-6-18(24)21-16-8-7-15(13-17(16)26-3)20-19(25)14-23-10-5-9-22(2)11-12-23;2-1-3/h7-8,13H,4-6,9-12,14H2,1-3H3,(H,20,25)(H,21,24);1H,(H,2,3). The Morgan fingerprint density at radius 3 is 2.55 bits per heavy atom. The Morgan fingerprint density at radius 2 is 1.90 bits per heavy atom. The molecule has 2 rings (SSSR count). The molecule has 1 aromatic carbocycles. The van der Waals surface area contributed by atoms with Gasteiger partial charge in [-0.2, -0.15) is 0 Å². The molecule has 29 heavy (non-hydrogen) atoms. The Morgan fingerprint density at radius 1 is 1.17 bits per heavy atom. The van der Waals surface area contributed by atoms with Crippen LogP contribution in [0.2, 0.25) is 0 Å². The summed E-state index contributed by atoms with van der Waals surface area (Å²) in [5, 5.41) is 12.6. The van der Waals surface area contributed by atoms with Gasteiger partial charge in [-0.1, -0.05) is 6.92 Å². The van der Waals surface area contributed by atoms with Gasteiger partial charge < -0.3 is 25.4 Å². The third-order valence-electron chi connectivity index (χ3n) is 4.42. The first-order valence-electron chi connectivity index (χ1n) is 9.70. The van der Waals surface area contributed by atoms with Crippen LogP contribution < -0.4 is 15.4 Å².